The molecule has 0 aromatic heterocycles. The molecule has 1 aromatic carbocycles. The van der Waals surface area contributed by atoms with E-state index in [-0.39, 0.29) is 12.7 Å². The van der Waals surface area contributed by atoms with Crippen molar-refractivity contribution in [2.75, 3.05) is 34.0 Å². The third-order valence-electron chi connectivity index (χ3n) is 2.75. The van der Waals surface area contributed by atoms with Crippen LogP contribution in [0.4, 0.5) is 0 Å². The molecule has 1 unspecified atom stereocenters. The summed E-state index contributed by atoms with van der Waals surface area (Å²) in [5, 5.41) is 10.1. The summed E-state index contributed by atoms with van der Waals surface area (Å²) in [6.45, 7) is 5.15. The number of methoxy groups -OCH3 is 2. The molecule has 0 fully saturated rings. The van der Waals surface area contributed by atoms with Gasteiger partial charge in [-0.05, 0) is 31.5 Å². The van der Waals surface area contributed by atoms with Crippen LogP contribution >= 0.6 is 0 Å². The number of hydrogen-bond acceptors (Lipinski definition) is 5. The minimum atomic E-state index is -0.700. The molecule has 20 heavy (non-hydrogen) atoms. The maximum absolute atomic E-state index is 10.1. The number of rotatable bonds is 9. The molecule has 0 amide bonds. The zero-order valence-electron chi connectivity index (χ0n) is 12.6. The van der Waals surface area contributed by atoms with Gasteiger partial charge in [0, 0.05) is 0 Å². The molecule has 5 nitrogen and oxygen atoms in total. The Morgan fingerprint density at radius 3 is 2.35 bits per heavy atom. The predicted octanol–water partition coefficient (Wildman–Crippen LogP) is 2.18. The Bertz CT molecular complexity index is 392. The molecule has 0 spiro atoms. The van der Waals surface area contributed by atoms with Crippen LogP contribution in [0.25, 0.3) is 0 Å². The maximum Gasteiger partial charge on any atom is 0.161 e. The van der Waals surface area contributed by atoms with E-state index in [0.717, 1.165) is 5.56 Å². The van der Waals surface area contributed by atoms with E-state index in [0.29, 0.717) is 24.7 Å². The summed E-state index contributed by atoms with van der Waals surface area (Å²) < 4.78 is 21.1. The summed E-state index contributed by atoms with van der Waals surface area (Å²) in [4.78, 5) is 0. The molecule has 1 N–H and O–H groups in total. The Morgan fingerprint density at radius 1 is 1.05 bits per heavy atom. The van der Waals surface area contributed by atoms with Gasteiger partial charge in [-0.3, -0.25) is 0 Å². The van der Waals surface area contributed by atoms with Crippen molar-refractivity contribution in [2.24, 2.45) is 0 Å². The smallest absolute Gasteiger partial charge is 0.161 e. The van der Waals surface area contributed by atoms with Crippen LogP contribution in [0.1, 0.15) is 25.5 Å². The van der Waals surface area contributed by atoms with Crippen LogP contribution in [0.5, 0.6) is 11.5 Å². The van der Waals surface area contributed by atoms with Crippen LogP contribution in [0.2, 0.25) is 0 Å². The van der Waals surface area contributed by atoms with Gasteiger partial charge in [0.15, 0.2) is 11.5 Å². The van der Waals surface area contributed by atoms with Gasteiger partial charge in [-0.1, -0.05) is 6.07 Å². The first-order valence-electron chi connectivity index (χ1n) is 6.67. The average molecular weight is 284 g/mol. The third-order valence-corrected chi connectivity index (χ3v) is 2.75. The van der Waals surface area contributed by atoms with E-state index in [4.69, 9.17) is 18.9 Å². The molecule has 0 radical (unpaired) electrons. The van der Waals surface area contributed by atoms with Crippen LogP contribution in [0.15, 0.2) is 18.2 Å². The van der Waals surface area contributed by atoms with Crippen molar-refractivity contribution >= 4 is 0 Å². The molecule has 0 heterocycles. The number of hydrogen-bond donors (Lipinski definition) is 1. The van der Waals surface area contributed by atoms with Crippen molar-refractivity contribution < 1.29 is 24.1 Å². The minimum absolute atomic E-state index is 0.189. The topological polar surface area (TPSA) is 57.2 Å². The molecule has 114 valence electrons. The molecule has 0 bridgehead atoms. The van der Waals surface area contributed by atoms with E-state index in [9.17, 15) is 5.11 Å². The first-order chi connectivity index (χ1) is 9.58. The fourth-order valence-corrected chi connectivity index (χ4v) is 1.69. The van der Waals surface area contributed by atoms with Gasteiger partial charge in [0.2, 0.25) is 0 Å². The van der Waals surface area contributed by atoms with Crippen molar-refractivity contribution in [2.45, 2.75) is 26.1 Å². The summed E-state index contributed by atoms with van der Waals surface area (Å²) in [7, 11) is 3.14. The lowest BCUT2D eigenvalue weighted by Gasteiger charge is -2.15. The lowest BCUT2D eigenvalue weighted by atomic mass is 10.1. The van der Waals surface area contributed by atoms with E-state index >= 15 is 0 Å². The van der Waals surface area contributed by atoms with E-state index in [1.807, 2.05) is 13.8 Å². The van der Waals surface area contributed by atoms with Gasteiger partial charge in [-0.15, -0.1) is 0 Å². The molecular weight excluding hydrogens is 260 g/mol. The largest absolute Gasteiger partial charge is 0.493 e. The number of aliphatic hydroxyl groups is 1. The van der Waals surface area contributed by atoms with E-state index in [2.05, 4.69) is 0 Å². The second-order valence-electron chi connectivity index (χ2n) is 4.62. The van der Waals surface area contributed by atoms with Gasteiger partial charge in [0.1, 0.15) is 6.10 Å². The summed E-state index contributed by atoms with van der Waals surface area (Å²) >= 11 is 0. The first kappa shape index (κ1) is 16.8. The first-order valence-corrected chi connectivity index (χ1v) is 6.67. The van der Waals surface area contributed by atoms with Crippen LogP contribution in [0, 0.1) is 0 Å². The second kappa shape index (κ2) is 8.79. The fraction of sp³-hybridized carbons (Fsp3) is 0.600. The van der Waals surface area contributed by atoms with Gasteiger partial charge in [0.25, 0.3) is 0 Å². The fourth-order valence-electron chi connectivity index (χ4n) is 1.69. The lowest BCUT2D eigenvalue weighted by molar-refractivity contribution is -0.0111. The molecule has 5 heteroatoms. The SMILES string of the molecule is COc1ccc(C(O)COCCOC(C)C)cc1OC. The Hall–Kier alpha value is -1.30. The number of benzene rings is 1. The molecule has 0 aliphatic heterocycles. The lowest BCUT2D eigenvalue weighted by Crippen LogP contribution is -2.13. The Kier molecular flexibility index (Phi) is 7.36. The zero-order chi connectivity index (χ0) is 15.0. The molecule has 1 aromatic rings. The van der Waals surface area contributed by atoms with Crippen LogP contribution in [-0.4, -0.2) is 45.3 Å². The van der Waals surface area contributed by atoms with Crippen LogP contribution in [0.3, 0.4) is 0 Å². The quantitative estimate of drug-likeness (QED) is 0.704. The average Bonchev–Trinajstić information content (AvgIpc) is 2.45. The van der Waals surface area contributed by atoms with E-state index < -0.39 is 6.10 Å². The standard InChI is InChI=1S/C15H24O5/c1-11(2)20-8-7-19-10-13(16)12-5-6-14(17-3)15(9-12)18-4/h5-6,9,11,13,16H,7-8,10H2,1-4H3. The highest BCUT2D eigenvalue weighted by molar-refractivity contribution is 5.43. The van der Waals surface area contributed by atoms with E-state index in [1.165, 1.54) is 0 Å². The van der Waals surface area contributed by atoms with Crippen molar-refractivity contribution in [1.29, 1.82) is 0 Å². The molecule has 0 aliphatic carbocycles. The Labute approximate surface area is 120 Å². The monoisotopic (exact) mass is 284 g/mol. The summed E-state index contributed by atoms with van der Waals surface area (Å²) in [5.41, 5.74) is 0.729. The zero-order valence-corrected chi connectivity index (χ0v) is 12.6. The summed E-state index contributed by atoms with van der Waals surface area (Å²) in [6, 6.07) is 5.30. The third kappa shape index (κ3) is 5.36. The van der Waals surface area contributed by atoms with Gasteiger partial charge >= 0.3 is 0 Å². The summed E-state index contributed by atoms with van der Waals surface area (Å²) in [5.74, 6) is 1.22. The van der Waals surface area contributed by atoms with Crippen molar-refractivity contribution in [3.8, 4) is 11.5 Å². The number of ether oxygens (including phenoxy) is 4. The second-order valence-corrected chi connectivity index (χ2v) is 4.62. The van der Waals surface area contributed by atoms with Gasteiger partial charge < -0.3 is 24.1 Å². The van der Waals surface area contributed by atoms with Crippen LogP contribution < -0.4 is 9.47 Å². The highest BCUT2D eigenvalue weighted by atomic mass is 16.5. The molecule has 1 rings (SSSR count). The number of aliphatic hydroxyl groups excluding tert-OH is 1. The molecular formula is C15H24O5. The maximum atomic E-state index is 10.1. The highest BCUT2D eigenvalue weighted by Gasteiger charge is 2.11. The normalized spacial score (nSPS) is 12.5. The van der Waals surface area contributed by atoms with Gasteiger partial charge in [-0.25, -0.2) is 0 Å². The van der Waals surface area contributed by atoms with Crippen molar-refractivity contribution in [1.82, 2.24) is 0 Å². The Balaban J connectivity index is 2.45. The molecule has 0 aliphatic rings. The molecule has 0 saturated carbocycles. The highest BCUT2D eigenvalue weighted by Crippen LogP contribution is 2.29. The molecule has 1 atom stereocenters. The van der Waals surface area contributed by atoms with Gasteiger partial charge in [-0.2, -0.15) is 0 Å². The predicted molar refractivity (Wildman–Crippen MR) is 76.4 cm³/mol. The van der Waals surface area contributed by atoms with Gasteiger partial charge in [0.05, 0.1) is 40.1 Å². The summed E-state index contributed by atoms with van der Waals surface area (Å²) in [6.07, 6.45) is -0.511. The van der Waals surface area contributed by atoms with Crippen molar-refractivity contribution in [3.05, 3.63) is 23.8 Å². The van der Waals surface area contributed by atoms with Crippen molar-refractivity contribution in [3.63, 3.8) is 0 Å². The van der Waals surface area contributed by atoms with Crippen LogP contribution in [-0.2, 0) is 9.47 Å². The Morgan fingerprint density at radius 2 is 1.75 bits per heavy atom. The minimum Gasteiger partial charge on any atom is -0.493 e. The molecule has 0 saturated heterocycles. The van der Waals surface area contributed by atoms with E-state index in [1.54, 1.807) is 32.4 Å².